The fraction of sp³-hybridized carbons (Fsp3) is 0.417. The second kappa shape index (κ2) is 10.6. The van der Waals surface area contributed by atoms with E-state index in [0.717, 1.165) is 36.0 Å². The van der Waals surface area contributed by atoms with Crippen LogP contribution in [0.15, 0.2) is 42.6 Å². The molecule has 0 aliphatic rings. The second-order valence-corrected chi connectivity index (χ2v) is 8.24. The summed E-state index contributed by atoms with van der Waals surface area (Å²) >= 11 is 0. The van der Waals surface area contributed by atoms with Crippen molar-refractivity contribution in [3.63, 3.8) is 0 Å². The van der Waals surface area contributed by atoms with Gasteiger partial charge in [-0.3, -0.25) is 4.98 Å². The Labute approximate surface area is 196 Å². The van der Waals surface area contributed by atoms with Gasteiger partial charge in [0.15, 0.2) is 0 Å². The number of rotatable bonds is 11. The third-order valence-corrected chi connectivity index (χ3v) is 5.60. The van der Waals surface area contributed by atoms with Gasteiger partial charge in [0.25, 0.3) is 0 Å². The summed E-state index contributed by atoms with van der Waals surface area (Å²) in [4.78, 5) is 8.80. The summed E-state index contributed by atoms with van der Waals surface area (Å²) in [5.41, 5.74) is 3.36. The van der Waals surface area contributed by atoms with Gasteiger partial charge in [0.05, 0.1) is 12.2 Å². The lowest BCUT2D eigenvalue weighted by molar-refractivity contribution is -0.0232. The highest BCUT2D eigenvalue weighted by Gasteiger charge is 2.36. The van der Waals surface area contributed by atoms with Crippen LogP contribution in [0.3, 0.4) is 0 Å². The fourth-order valence-corrected chi connectivity index (χ4v) is 3.84. The largest absolute Gasteiger partial charge is 0.308 e. The number of tetrazole rings is 1. The van der Waals surface area contributed by atoms with E-state index in [0.29, 0.717) is 30.2 Å². The monoisotopic (exact) mass is 466 g/mol. The average molecular weight is 467 g/mol. The quantitative estimate of drug-likeness (QED) is 0.305. The van der Waals surface area contributed by atoms with E-state index >= 15 is 0 Å². The van der Waals surface area contributed by atoms with Crippen LogP contribution in [0.25, 0.3) is 22.5 Å². The maximum absolute atomic E-state index is 14.5. The number of unbranched alkanes of at least 4 members (excludes halogenated alkanes) is 2. The molecule has 0 fully saturated rings. The van der Waals surface area contributed by atoms with Crippen molar-refractivity contribution in [1.82, 2.24) is 40.4 Å². The van der Waals surface area contributed by atoms with Crippen LogP contribution in [0.4, 0.5) is 8.78 Å². The van der Waals surface area contributed by atoms with Gasteiger partial charge in [-0.25, -0.2) is 9.67 Å². The van der Waals surface area contributed by atoms with Crippen LogP contribution in [-0.2, 0) is 18.9 Å². The van der Waals surface area contributed by atoms with Crippen molar-refractivity contribution in [3.05, 3.63) is 59.9 Å². The zero-order valence-electron chi connectivity index (χ0n) is 19.4. The van der Waals surface area contributed by atoms with E-state index in [2.05, 4.69) is 42.6 Å². The van der Waals surface area contributed by atoms with E-state index in [9.17, 15) is 8.78 Å². The van der Waals surface area contributed by atoms with Crippen molar-refractivity contribution in [1.29, 1.82) is 0 Å². The fourth-order valence-electron chi connectivity index (χ4n) is 3.84. The molecule has 0 amide bonds. The van der Waals surface area contributed by atoms with E-state index in [1.165, 1.54) is 0 Å². The van der Waals surface area contributed by atoms with Gasteiger partial charge in [0.2, 0.25) is 11.6 Å². The Kier molecular flexibility index (Phi) is 7.34. The number of alkyl halides is 2. The van der Waals surface area contributed by atoms with Gasteiger partial charge in [-0.2, -0.15) is 14.0 Å². The maximum atomic E-state index is 14.5. The second-order valence-electron chi connectivity index (χ2n) is 8.24. The molecule has 4 aromatic rings. The van der Waals surface area contributed by atoms with Crippen molar-refractivity contribution >= 4 is 0 Å². The maximum Gasteiger partial charge on any atom is 0.308 e. The lowest BCUT2D eigenvalue weighted by Crippen LogP contribution is -2.16. The van der Waals surface area contributed by atoms with Gasteiger partial charge in [-0.15, -0.1) is 15.3 Å². The molecule has 10 heteroatoms. The van der Waals surface area contributed by atoms with Crippen LogP contribution in [0.2, 0.25) is 0 Å². The molecule has 0 saturated heterocycles. The summed E-state index contributed by atoms with van der Waals surface area (Å²) in [6.07, 6.45) is 5.40. The lowest BCUT2D eigenvalue weighted by Gasteiger charge is -2.10. The van der Waals surface area contributed by atoms with Crippen molar-refractivity contribution in [2.24, 2.45) is 0 Å². The van der Waals surface area contributed by atoms with Crippen molar-refractivity contribution in [2.45, 2.75) is 64.8 Å². The molecule has 0 radical (unpaired) electrons. The van der Waals surface area contributed by atoms with E-state index in [4.69, 9.17) is 0 Å². The first-order valence-corrected chi connectivity index (χ1v) is 11.6. The standard InChI is InChI=1S/C24H28F2N8/c1-3-5-6-11-21-28-23(24(25,26)14-4-2)31-34(21)16-18-13-12-17(15-27-18)19-9-7-8-10-20(19)22-29-32-33-30-22/h7-10,12-13,15H,3-6,11,14,16H2,1-2H3,(H,29,30,32,33). The Morgan fingerprint density at radius 2 is 1.82 bits per heavy atom. The topological polar surface area (TPSA) is 98.1 Å². The average Bonchev–Trinajstić information content (AvgIpc) is 3.51. The molecule has 178 valence electrons. The zero-order chi connectivity index (χ0) is 24.0. The first-order valence-electron chi connectivity index (χ1n) is 11.6. The first kappa shape index (κ1) is 23.6. The van der Waals surface area contributed by atoms with E-state index < -0.39 is 11.7 Å². The van der Waals surface area contributed by atoms with Crippen LogP contribution < -0.4 is 0 Å². The highest BCUT2D eigenvalue weighted by molar-refractivity contribution is 5.79. The molecule has 0 aliphatic heterocycles. The number of aromatic nitrogens is 8. The van der Waals surface area contributed by atoms with Crippen LogP contribution in [0, 0.1) is 0 Å². The summed E-state index contributed by atoms with van der Waals surface area (Å²) in [7, 11) is 0. The summed E-state index contributed by atoms with van der Waals surface area (Å²) in [5, 5.41) is 18.5. The summed E-state index contributed by atoms with van der Waals surface area (Å²) in [6, 6.07) is 11.6. The third-order valence-electron chi connectivity index (χ3n) is 5.60. The predicted molar refractivity (Wildman–Crippen MR) is 124 cm³/mol. The summed E-state index contributed by atoms with van der Waals surface area (Å²) in [6.45, 7) is 4.12. The van der Waals surface area contributed by atoms with Crippen LogP contribution in [0.1, 0.15) is 63.3 Å². The molecule has 4 rings (SSSR count). The van der Waals surface area contributed by atoms with Crippen LogP contribution >= 0.6 is 0 Å². The smallest absolute Gasteiger partial charge is 0.259 e. The Balaban J connectivity index is 1.58. The van der Waals surface area contributed by atoms with Crippen LogP contribution in [0.5, 0.6) is 0 Å². The van der Waals surface area contributed by atoms with Gasteiger partial charge >= 0.3 is 5.92 Å². The molecule has 3 heterocycles. The molecule has 0 atom stereocenters. The molecule has 34 heavy (non-hydrogen) atoms. The number of halogens is 2. The van der Waals surface area contributed by atoms with Gasteiger partial charge in [0.1, 0.15) is 5.82 Å². The van der Waals surface area contributed by atoms with E-state index in [1.807, 2.05) is 36.4 Å². The minimum Gasteiger partial charge on any atom is -0.259 e. The van der Waals surface area contributed by atoms with Crippen molar-refractivity contribution in [3.8, 4) is 22.5 Å². The van der Waals surface area contributed by atoms with Gasteiger partial charge in [0, 0.05) is 30.2 Å². The van der Waals surface area contributed by atoms with E-state index in [-0.39, 0.29) is 13.0 Å². The van der Waals surface area contributed by atoms with Crippen molar-refractivity contribution < 1.29 is 8.78 Å². The van der Waals surface area contributed by atoms with Crippen molar-refractivity contribution in [2.75, 3.05) is 0 Å². The molecule has 8 nitrogen and oxygen atoms in total. The molecule has 0 unspecified atom stereocenters. The molecule has 3 aromatic heterocycles. The number of H-pyrrole nitrogens is 1. The Morgan fingerprint density at radius 3 is 2.50 bits per heavy atom. The number of benzene rings is 1. The number of hydrogen-bond acceptors (Lipinski definition) is 6. The molecular weight excluding hydrogens is 438 g/mol. The minimum absolute atomic E-state index is 0.266. The number of hydrogen-bond donors (Lipinski definition) is 1. The zero-order valence-corrected chi connectivity index (χ0v) is 19.4. The summed E-state index contributed by atoms with van der Waals surface area (Å²) < 4.78 is 30.6. The number of pyridine rings is 1. The Morgan fingerprint density at radius 1 is 1.00 bits per heavy atom. The molecule has 0 aliphatic carbocycles. The number of aryl methyl sites for hydroxylation is 1. The normalized spacial score (nSPS) is 11.8. The van der Waals surface area contributed by atoms with Gasteiger partial charge in [-0.1, -0.05) is 57.0 Å². The molecule has 0 bridgehead atoms. The summed E-state index contributed by atoms with van der Waals surface area (Å²) in [5.74, 6) is -2.35. The highest BCUT2D eigenvalue weighted by atomic mass is 19.3. The molecule has 1 N–H and O–H groups in total. The molecular formula is C24H28F2N8. The SMILES string of the molecule is CCCCCc1nc(C(F)(F)CCC)nn1Cc1ccc(-c2ccccc2-c2nn[nH]n2)cn1. The third kappa shape index (κ3) is 5.32. The Bertz CT molecular complexity index is 1190. The number of nitrogens with zero attached hydrogens (tertiary/aromatic N) is 7. The van der Waals surface area contributed by atoms with Crippen LogP contribution in [-0.4, -0.2) is 40.4 Å². The molecule has 0 saturated carbocycles. The minimum atomic E-state index is -3.03. The number of nitrogens with one attached hydrogen (secondary N) is 1. The van der Waals surface area contributed by atoms with E-state index in [1.54, 1.807) is 17.8 Å². The lowest BCUT2D eigenvalue weighted by atomic mass is 10.0. The van der Waals surface area contributed by atoms with Gasteiger partial charge < -0.3 is 0 Å². The molecule has 1 aromatic carbocycles. The first-order chi connectivity index (χ1) is 16.5. The van der Waals surface area contributed by atoms with Gasteiger partial charge in [-0.05, 0) is 29.7 Å². The predicted octanol–water partition coefficient (Wildman–Crippen LogP) is 5.19. The molecule has 0 spiro atoms. The highest BCUT2D eigenvalue weighted by Crippen LogP contribution is 2.31. The number of aromatic amines is 1. The Hall–Kier alpha value is -3.56.